The molecule has 0 saturated heterocycles. The maximum atomic E-state index is 10.6. The van der Waals surface area contributed by atoms with Crippen molar-refractivity contribution in [3.05, 3.63) is 64.2 Å². The van der Waals surface area contributed by atoms with E-state index in [2.05, 4.69) is 37.4 Å². The summed E-state index contributed by atoms with van der Waals surface area (Å²) in [5, 5.41) is 14.0. The highest BCUT2D eigenvalue weighted by Gasteiger charge is 2.20. The Morgan fingerprint density at radius 3 is 2.74 bits per heavy atom. The second-order valence-electron chi connectivity index (χ2n) is 5.30. The number of aliphatic hydroxyl groups is 1. The largest absolute Gasteiger partial charge is 0.384 e. The average Bonchev–Trinajstić information content (AvgIpc) is 2.89. The summed E-state index contributed by atoms with van der Waals surface area (Å²) >= 11 is 0. The molecule has 2 aromatic rings. The zero-order valence-corrected chi connectivity index (χ0v) is 11.4. The Hall–Kier alpha value is -1.80. The first-order valence-electron chi connectivity index (χ1n) is 6.77. The Balaban J connectivity index is 2.02. The highest BCUT2D eigenvalue weighted by Crippen LogP contribution is 2.34. The molecule has 1 heterocycles. The van der Waals surface area contributed by atoms with E-state index < -0.39 is 6.10 Å². The van der Waals surface area contributed by atoms with Crippen LogP contribution in [0.5, 0.6) is 0 Å². The maximum Gasteiger partial charge on any atom is 0.106 e. The SMILES string of the molecule is Cc1ccc(C(O)c2cccc3c2NCC3)cc1C. The van der Waals surface area contributed by atoms with Crippen LogP contribution >= 0.6 is 0 Å². The van der Waals surface area contributed by atoms with Gasteiger partial charge < -0.3 is 10.4 Å². The molecule has 19 heavy (non-hydrogen) atoms. The van der Waals surface area contributed by atoms with Gasteiger partial charge in [0, 0.05) is 17.8 Å². The molecule has 3 rings (SSSR count). The lowest BCUT2D eigenvalue weighted by molar-refractivity contribution is 0.221. The van der Waals surface area contributed by atoms with Gasteiger partial charge in [0.25, 0.3) is 0 Å². The fourth-order valence-electron chi connectivity index (χ4n) is 2.71. The minimum atomic E-state index is -0.556. The fourth-order valence-corrected chi connectivity index (χ4v) is 2.71. The molecule has 1 unspecified atom stereocenters. The van der Waals surface area contributed by atoms with E-state index in [1.165, 1.54) is 16.7 Å². The van der Waals surface area contributed by atoms with Gasteiger partial charge in [0.1, 0.15) is 6.10 Å². The molecule has 1 aliphatic heterocycles. The number of fused-ring (bicyclic) bond motifs is 1. The summed E-state index contributed by atoms with van der Waals surface area (Å²) in [6, 6.07) is 12.3. The zero-order valence-electron chi connectivity index (χ0n) is 11.4. The quantitative estimate of drug-likeness (QED) is 0.860. The topological polar surface area (TPSA) is 32.3 Å². The molecule has 98 valence electrons. The Labute approximate surface area is 114 Å². The van der Waals surface area contributed by atoms with Crippen molar-refractivity contribution in [1.29, 1.82) is 0 Å². The molecule has 2 N–H and O–H groups in total. The van der Waals surface area contributed by atoms with Crippen molar-refractivity contribution in [2.24, 2.45) is 0 Å². The van der Waals surface area contributed by atoms with Crippen molar-refractivity contribution in [1.82, 2.24) is 0 Å². The number of para-hydroxylation sites is 1. The number of hydrogen-bond acceptors (Lipinski definition) is 2. The lowest BCUT2D eigenvalue weighted by Crippen LogP contribution is -2.04. The van der Waals surface area contributed by atoms with Gasteiger partial charge in [-0.2, -0.15) is 0 Å². The van der Waals surface area contributed by atoms with Gasteiger partial charge in [-0.25, -0.2) is 0 Å². The third-order valence-electron chi connectivity index (χ3n) is 4.02. The first kappa shape index (κ1) is 12.2. The highest BCUT2D eigenvalue weighted by molar-refractivity contribution is 5.63. The van der Waals surface area contributed by atoms with Crippen LogP contribution in [0.25, 0.3) is 0 Å². The molecular formula is C17H19NO. The number of hydrogen-bond donors (Lipinski definition) is 2. The van der Waals surface area contributed by atoms with Gasteiger partial charge in [0.15, 0.2) is 0 Å². The summed E-state index contributed by atoms with van der Waals surface area (Å²) in [6.07, 6.45) is 0.489. The van der Waals surface area contributed by atoms with Crippen molar-refractivity contribution >= 4 is 5.69 Å². The predicted octanol–water partition coefficient (Wildman–Crippen LogP) is 3.35. The summed E-state index contributed by atoms with van der Waals surface area (Å²) < 4.78 is 0. The number of rotatable bonds is 2. The van der Waals surface area contributed by atoms with Crippen LogP contribution in [-0.4, -0.2) is 11.7 Å². The van der Waals surface area contributed by atoms with Crippen LogP contribution in [0.2, 0.25) is 0 Å². The van der Waals surface area contributed by atoms with Crippen molar-refractivity contribution in [3.8, 4) is 0 Å². The highest BCUT2D eigenvalue weighted by atomic mass is 16.3. The van der Waals surface area contributed by atoms with Crippen LogP contribution in [0.3, 0.4) is 0 Å². The molecule has 0 aromatic heterocycles. The molecule has 0 amide bonds. The molecule has 0 spiro atoms. The molecule has 2 nitrogen and oxygen atoms in total. The van der Waals surface area contributed by atoms with Gasteiger partial charge >= 0.3 is 0 Å². The van der Waals surface area contributed by atoms with Gasteiger partial charge in [-0.05, 0) is 42.5 Å². The van der Waals surface area contributed by atoms with E-state index in [9.17, 15) is 5.11 Å². The number of benzene rings is 2. The van der Waals surface area contributed by atoms with Crippen molar-refractivity contribution in [2.45, 2.75) is 26.4 Å². The Kier molecular flexibility index (Phi) is 3.03. The average molecular weight is 253 g/mol. The third kappa shape index (κ3) is 2.13. The van der Waals surface area contributed by atoms with Gasteiger partial charge in [0.2, 0.25) is 0 Å². The zero-order chi connectivity index (χ0) is 13.4. The second kappa shape index (κ2) is 4.71. The Morgan fingerprint density at radius 2 is 1.95 bits per heavy atom. The minimum absolute atomic E-state index is 0.556. The van der Waals surface area contributed by atoms with Gasteiger partial charge in [-0.3, -0.25) is 0 Å². The fraction of sp³-hybridized carbons (Fsp3) is 0.294. The molecule has 0 radical (unpaired) electrons. The molecule has 2 heteroatoms. The molecule has 2 aromatic carbocycles. The van der Waals surface area contributed by atoms with E-state index in [0.29, 0.717) is 0 Å². The van der Waals surface area contributed by atoms with E-state index in [1.807, 2.05) is 18.2 Å². The summed E-state index contributed by atoms with van der Waals surface area (Å²) in [5.74, 6) is 0. The summed E-state index contributed by atoms with van der Waals surface area (Å²) in [5.41, 5.74) is 6.85. The maximum absolute atomic E-state index is 10.6. The molecule has 0 aliphatic carbocycles. The Bertz CT molecular complexity index is 619. The van der Waals surface area contributed by atoms with Crippen LogP contribution in [0.4, 0.5) is 5.69 Å². The van der Waals surface area contributed by atoms with Crippen molar-refractivity contribution < 1.29 is 5.11 Å². The van der Waals surface area contributed by atoms with Crippen LogP contribution in [-0.2, 0) is 6.42 Å². The lowest BCUT2D eigenvalue weighted by atomic mass is 9.95. The summed E-state index contributed by atoms with van der Waals surface area (Å²) in [7, 11) is 0. The van der Waals surface area contributed by atoms with Gasteiger partial charge in [0.05, 0.1) is 0 Å². The summed E-state index contributed by atoms with van der Waals surface area (Å²) in [4.78, 5) is 0. The normalized spacial score (nSPS) is 14.9. The first-order valence-corrected chi connectivity index (χ1v) is 6.77. The number of aliphatic hydroxyl groups excluding tert-OH is 1. The number of aryl methyl sites for hydroxylation is 2. The van der Waals surface area contributed by atoms with Crippen LogP contribution in [0, 0.1) is 13.8 Å². The van der Waals surface area contributed by atoms with Crippen LogP contribution < -0.4 is 5.32 Å². The molecule has 1 atom stereocenters. The van der Waals surface area contributed by atoms with Crippen molar-refractivity contribution in [3.63, 3.8) is 0 Å². The molecule has 1 aliphatic rings. The smallest absolute Gasteiger partial charge is 0.106 e. The van der Waals surface area contributed by atoms with E-state index >= 15 is 0 Å². The van der Waals surface area contributed by atoms with E-state index in [1.54, 1.807) is 0 Å². The van der Waals surface area contributed by atoms with E-state index in [-0.39, 0.29) is 0 Å². The molecular weight excluding hydrogens is 234 g/mol. The summed E-state index contributed by atoms with van der Waals surface area (Å²) in [6.45, 7) is 5.14. The molecule has 0 saturated carbocycles. The van der Waals surface area contributed by atoms with Gasteiger partial charge in [-0.15, -0.1) is 0 Å². The third-order valence-corrected chi connectivity index (χ3v) is 4.02. The first-order chi connectivity index (χ1) is 9.16. The molecule has 0 bridgehead atoms. The predicted molar refractivity (Wildman–Crippen MR) is 78.6 cm³/mol. The van der Waals surface area contributed by atoms with Gasteiger partial charge in [-0.1, -0.05) is 36.4 Å². The number of anilines is 1. The van der Waals surface area contributed by atoms with Crippen molar-refractivity contribution in [2.75, 3.05) is 11.9 Å². The molecule has 0 fully saturated rings. The van der Waals surface area contributed by atoms with E-state index in [4.69, 9.17) is 0 Å². The van der Waals surface area contributed by atoms with Crippen LogP contribution in [0.1, 0.15) is 33.9 Å². The lowest BCUT2D eigenvalue weighted by Gasteiger charge is -2.16. The minimum Gasteiger partial charge on any atom is -0.384 e. The second-order valence-corrected chi connectivity index (χ2v) is 5.30. The number of nitrogens with one attached hydrogen (secondary N) is 1. The Morgan fingerprint density at radius 1 is 1.11 bits per heavy atom. The monoisotopic (exact) mass is 253 g/mol. The van der Waals surface area contributed by atoms with E-state index in [0.717, 1.165) is 29.8 Å². The standard InChI is InChI=1S/C17H19NO/c1-11-6-7-14(10-12(11)2)17(19)15-5-3-4-13-8-9-18-16(13)15/h3-7,10,17-19H,8-9H2,1-2H3. The van der Waals surface area contributed by atoms with Crippen LogP contribution in [0.15, 0.2) is 36.4 Å².